The van der Waals surface area contributed by atoms with E-state index in [1.807, 2.05) is 13.8 Å². The molecule has 0 saturated carbocycles. The van der Waals surface area contributed by atoms with E-state index in [0.29, 0.717) is 17.3 Å². The van der Waals surface area contributed by atoms with Gasteiger partial charge in [0.25, 0.3) is 0 Å². The SMILES string of the molecule is COc1cc(/C=N/c2cnn(C(C)C)c2N)ccc1O. The first-order chi connectivity index (χ1) is 9.52. The highest BCUT2D eigenvalue weighted by molar-refractivity contribution is 5.84. The van der Waals surface area contributed by atoms with Crippen LogP contribution in [0, 0.1) is 0 Å². The number of aromatic nitrogens is 2. The Hall–Kier alpha value is -2.50. The number of hydrogen-bond donors (Lipinski definition) is 2. The Balaban J connectivity index is 2.25. The third kappa shape index (κ3) is 2.74. The third-order valence-electron chi connectivity index (χ3n) is 2.86. The van der Waals surface area contributed by atoms with Crippen molar-refractivity contribution < 1.29 is 9.84 Å². The lowest BCUT2D eigenvalue weighted by atomic mass is 10.2. The van der Waals surface area contributed by atoms with Gasteiger partial charge < -0.3 is 15.6 Å². The van der Waals surface area contributed by atoms with Crippen LogP contribution in [0.1, 0.15) is 25.5 Å². The van der Waals surface area contributed by atoms with Crippen LogP contribution in [0.3, 0.4) is 0 Å². The molecule has 1 heterocycles. The zero-order valence-corrected chi connectivity index (χ0v) is 11.7. The maximum absolute atomic E-state index is 9.53. The molecule has 20 heavy (non-hydrogen) atoms. The molecule has 0 bridgehead atoms. The van der Waals surface area contributed by atoms with Gasteiger partial charge in [0.1, 0.15) is 11.5 Å². The molecule has 0 fully saturated rings. The number of nitrogens with two attached hydrogens (primary N) is 1. The third-order valence-corrected chi connectivity index (χ3v) is 2.86. The number of phenols is 1. The number of anilines is 1. The van der Waals surface area contributed by atoms with E-state index >= 15 is 0 Å². The van der Waals surface area contributed by atoms with E-state index in [-0.39, 0.29) is 11.8 Å². The molecule has 2 rings (SSSR count). The average molecular weight is 274 g/mol. The largest absolute Gasteiger partial charge is 0.504 e. The van der Waals surface area contributed by atoms with Crippen LogP contribution in [0.2, 0.25) is 0 Å². The predicted molar refractivity (Wildman–Crippen MR) is 78.9 cm³/mol. The highest BCUT2D eigenvalue weighted by Crippen LogP contribution is 2.27. The molecular formula is C14H18N4O2. The molecule has 6 heteroatoms. The van der Waals surface area contributed by atoms with Crippen LogP contribution in [0.25, 0.3) is 0 Å². The van der Waals surface area contributed by atoms with Crippen LogP contribution in [-0.4, -0.2) is 28.2 Å². The van der Waals surface area contributed by atoms with Crippen molar-refractivity contribution in [3.05, 3.63) is 30.0 Å². The molecule has 106 valence electrons. The molecule has 6 nitrogen and oxygen atoms in total. The van der Waals surface area contributed by atoms with Crippen molar-refractivity contribution in [2.75, 3.05) is 12.8 Å². The lowest BCUT2D eigenvalue weighted by Crippen LogP contribution is -2.06. The summed E-state index contributed by atoms with van der Waals surface area (Å²) in [6.07, 6.45) is 3.28. The number of ether oxygens (including phenoxy) is 1. The number of hydrogen-bond acceptors (Lipinski definition) is 5. The number of methoxy groups -OCH3 is 1. The van der Waals surface area contributed by atoms with Gasteiger partial charge in [-0.25, -0.2) is 4.68 Å². The van der Waals surface area contributed by atoms with Crippen LogP contribution in [0.4, 0.5) is 11.5 Å². The van der Waals surface area contributed by atoms with Gasteiger partial charge in [0.2, 0.25) is 0 Å². The molecule has 0 aliphatic carbocycles. The summed E-state index contributed by atoms with van der Waals surface area (Å²) < 4.78 is 6.76. The molecule has 0 amide bonds. The molecule has 0 aliphatic rings. The van der Waals surface area contributed by atoms with Crippen molar-refractivity contribution >= 4 is 17.7 Å². The number of aromatic hydroxyl groups is 1. The number of phenolic OH excluding ortho intramolecular Hbond substituents is 1. The summed E-state index contributed by atoms with van der Waals surface area (Å²) in [5.74, 6) is 1.03. The van der Waals surface area contributed by atoms with Gasteiger partial charge in [0, 0.05) is 12.3 Å². The van der Waals surface area contributed by atoms with Gasteiger partial charge in [0.15, 0.2) is 11.5 Å². The molecule has 0 saturated heterocycles. The lowest BCUT2D eigenvalue weighted by molar-refractivity contribution is 0.373. The number of benzene rings is 1. The summed E-state index contributed by atoms with van der Waals surface area (Å²) in [7, 11) is 1.50. The Morgan fingerprint density at radius 2 is 2.20 bits per heavy atom. The second-order valence-electron chi connectivity index (χ2n) is 4.64. The van der Waals surface area contributed by atoms with Crippen molar-refractivity contribution in [2.45, 2.75) is 19.9 Å². The number of rotatable bonds is 4. The second kappa shape index (κ2) is 5.64. The molecule has 0 aliphatic heterocycles. The van der Waals surface area contributed by atoms with E-state index in [1.165, 1.54) is 7.11 Å². The maximum Gasteiger partial charge on any atom is 0.161 e. The number of nitrogens with zero attached hydrogens (tertiary/aromatic N) is 3. The van der Waals surface area contributed by atoms with Crippen molar-refractivity contribution in [1.29, 1.82) is 0 Å². The first kappa shape index (κ1) is 13.9. The Morgan fingerprint density at radius 1 is 1.45 bits per heavy atom. The molecule has 1 aromatic heterocycles. The number of aliphatic imine (C=N–C) groups is 1. The van der Waals surface area contributed by atoms with Gasteiger partial charge >= 0.3 is 0 Å². The van der Waals surface area contributed by atoms with Crippen LogP contribution in [0.15, 0.2) is 29.4 Å². The van der Waals surface area contributed by atoms with Gasteiger partial charge in [-0.15, -0.1) is 0 Å². The summed E-state index contributed by atoms with van der Waals surface area (Å²) in [6, 6.07) is 5.18. The van der Waals surface area contributed by atoms with Gasteiger partial charge in [0.05, 0.1) is 13.3 Å². The van der Waals surface area contributed by atoms with E-state index in [4.69, 9.17) is 10.5 Å². The highest BCUT2D eigenvalue weighted by Gasteiger charge is 2.08. The zero-order chi connectivity index (χ0) is 14.7. The monoisotopic (exact) mass is 274 g/mol. The van der Waals surface area contributed by atoms with Crippen molar-refractivity contribution in [3.8, 4) is 11.5 Å². The average Bonchev–Trinajstić information content (AvgIpc) is 2.79. The highest BCUT2D eigenvalue weighted by atomic mass is 16.5. The van der Waals surface area contributed by atoms with Crippen LogP contribution < -0.4 is 10.5 Å². The first-order valence-corrected chi connectivity index (χ1v) is 6.27. The van der Waals surface area contributed by atoms with Crippen LogP contribution >= 0.6 is 0 Å². The van der Waals surface area contributed by atoms with Gasteiger partial charge in [-0.1, -0.05) is 0 Å². The smallest absolute Gasteiger partial charge is 0.161 e. The summed E-state index contributed by atoms with van der Waals surface area (Å²) in [5.41, 5.74) is 7.39. The van der Waals surface area contributed by atoms with Gasteiger partial charge in [-0.3, -0.25) is 4.99 Å². The van der Waals surface area contributed by atoms with Crippen LogP contribution in [0.5, 0.6) is 11.5 Å². The van der Waals surface area contributed by atoms with Crippen molar-refractivity contribution in [3.63, 3.8) is 0 Å². The quantitative estimate of drug-likeness (QED) is 0.839. The van der Waals surface area contributed by atoms with Crippen molar-refractivity contribution in [2.24, 2.45) is 4.99 Å². The van der Waals surface area contributed by atoms with Gasteiger partial charge in [-0.2, -0.15) is 5.10 Å². The summed E-state index contributed by atoms with van der Waals surface area (Å²) in [5, 5.41) is 13.7. The molecule has 1 aromatic carbocycles. The molecule has 0 unspecified atom stereocenters. The molecular weight excluding hydrogens is 256 g/mol. The fraction of sp³-hybridized carbons (Fsp3) is 0.286. The Bertz CT molecular complexity index is 632. The lowest BCUT2D eigenvalue weighted by Gasteiger charge is -2.06. The summed E-state index contributed by atoms with van der Waals surface area (Å²) in [6.45, 7) is 4.00. The Kier molecular flexibility index (Phi) is 3.93. The van der Waals surface area contributed by atoms with E-state index in [0.717, 1.165) is 5.56 Å². The molecule has 3 N–H and O–H groups in total. The second-order valence-corrected chi connectivity index (χ2v) is 4.64. The summed E-state index contributed by atoms with van der Waals surface area (Å²) in [4.78, 5) is 4.31. The minimum atomic E-state index is 0.0943. The fourth-order valence-electron chi connectivity index (χ4n) is 1.79. The molecule has 0 radical (unpaired) electrons. The van der Waals surface area contributed by atoms with E-state index in [9.17, 15) is 5.11 Å². The minimum Gasteiger partial charge on any atom is -0.504 e. The first-order valence-electron chi connectivity index (χ1n) is 6.27. The zero-order valence-electron chi connectivity index (χ0n) is 11.7. The Labute approximate surface area is 117 Å². The van der Waals surface area contributed by atoms with E-state index in [1.54, 1.807) is 35.3 Å². The summed E-state index contributed by atoms with van der Waals surface area (Å²) >= 11 is 0. The topological polar surface area (TPSA) is 85.7 Å². The van der Waals surface area contributed by atoms with Crippen LogP contribution in [-0.2, 0) is 0 Å². The fourth-order valence-corrected chi connectivity index (χ4v) is 1.79. The minimum absolute atomic E-state index is 0.0943. The molecule has 2 aromatic rings. The normalized spacial score (nSPS) is 11.4. The van der Waals surface area contributed by atoms with Crippen molar-refractivity contribution in [1.82, 2.24) is 9.78 Å². The maximum atomic E-state index is 9.53. The van der Waals surface area contributed by atoms with E-state index in [2.05, 4.69) is 10.1 Å². The molecule has 0 spiro atoms. The predicted octanol–water partition coefficient (Wildman–Crippen LogP) is 2.51. The van der Waals surface area contributed by atoms with Gasteiger partial charge in [-0.05, 0) is 37.6 Å². The standard InChI is InChI=1S/C14H18N4O2/c1-9(2)18-14(15)11(8-17-18)16-7-10-4-5-12(19)13(6-10)20-3/h4-9,19H,15H2,1-3H3/b16-7+. The van der Waals surface area contributed by atoms with E-state index < -0.39 is 0 Å². The Morgan fingerprint density at radius 3 is 2.80 bits per heavy atom. The molecule has 0 atom stereocenters. The number of nitrogen functional groups attached to an aromatic ring is 1.